The summed E-state index contributed by atoms with van der Waals surface area (Å²) in [5.41, 5.74) is 5.40. The minimum absolute atomic E-state index is 0.0474. The summed E-state index contributed by atoms with van der Waals surface area (Å²) in [4.78, 5) is 0. The number of hydrogen-bond acceptors (Lipinski definition) is 2. The van der Waals surface area contributed by atoms with E-state index in [-0.39, 0.29) is 6.10 Å². The second-order valence-electron chi connectivity index (χ2n) is 2.62. The van der Waals surface area contributed by atoms with E-state index in [0.29, 0.717) is 11.6 Å². The van der Waals surface area contributed by atoms with E-state index in [1.165, 1.54) is 0 Å². The van der Waals surface area contributed by atoms with E-state index in [1.54, 1.807) is 12.1 Å². The van der Waals surface area contributed by atoms with Crippen LogP contribution in [0.2, 0.25) is 5.02 Å². The highest BCUT2D eigenvalue weighted by Gasteiger charge is 1.99. The highest BCUT2D eigenvalue weighted by atomic mass is 35.5. The lowest BCUT2D eigenvalue weighted by Gasteiger charge is -2.11. The maximum absolute atomic E-state index is 5.70. The molecular weight excluding hydrogens is 174 g/mol. The van der Waals surface area contributed by atoms with Crippen LogP contribution in [0.4, 0.5) is 0 Å². The van der Waals surface area contributed by atoms with Crippen molar-refractivity contribution in [1.82, 2.24) is 0 Å². The molecule has 12 heavy (non-hydrogen) atoms. The maximum Gasteiger partial charge on any atom is 0.119 e. The molecule has 3 heteroatoms. The fourth-order valence-corrected chi connectivity index (χ4v) is 0.920. The van der Waals surface area contributed by atoms with Crippen molar-refractivity contribution >= 4 is 11.6 Å². The van der Waals surface area contributed by atoms with E-state index in [4.69, 9.17) is 22.1 Å². The molecule has 0 radical (unpaired) electrons. The first-order valence-electron chi connectivity index (χ1n) is 3.84. The molecule has 66 valence electrons. The Hall–Kier alpha value is -0.730. The van der Waals surface area contributed by atoms with E-state index in [1.807, 2.05) is 19.1 Å². The quantitative estimate of drug-likeness (QED) is 0.783. The summed E-state index contributed by atoms with van der Waals surface area (Å²) in [6.07, 6.45) is 0.0474. The summed E-state index contributed by atoms with van der Waals surface area (Å²) in [6.45, 7) is 2.44. The van der Waals surface area contributed by atoms with Crippen LogP contribution in [0.25, 0.3) is 0 Å². The zero-order valence-electron chi connectivity index (χ0n) is 6.96. The van der Waals surface area contributed by atoms with Gasteiger partial charge in [-0.3, -0.25) is 0 Å². The van der Waals surface area contributed by atoms with Crippen LogP contribution in [-0.2, 0) is 0 Å². The van der Waals surface area contributed by atoms with Gasteiger partial charge in [-0.05, 0) is 31.2 Å². The standard InChI is InChI=1S/C9H12ClNO/c1-7(6-11)12-9-4-2-8(10)3-5-9/h2-5,7H,6,11H2,1H3/t7-/m0/s1. The molecule has 0 unspecified atom stereocenters. The minimum atomic E-state index is 0.0474. The van der Waals surface area contributed by atoms with Crippen LogP contribution in [-0.4, -0.2) is 12.6 Å². The lowest BCUT2D eigenvalue weighted by atomic mass is 10.3. The molecule has 1 rings (SSSR count). The van der Waals surface area contributed by atoms with Crippen LogP contribution < -0.4 is 10.5 Å². The van der Waals surface area contributed by atoms with Crippen molar-refractivity contribution in [2.24, 2.45) is 5.73 Å². The molecule has 0 fully saturated rings. The highest BCUT2D eigenvalue weighted by Crippen LogP contribution is 2.16. The summed E-state index contributed by atoms with van der Waals surface area (Å²) in [7, 11) is 0. The van der Waals surface area contributed by atoms with Gasteiger partial charge in [0, 0.05) is 11.6 Å². The number of rotatable bonds is 3. The van der Waals surface area contributed by atoms with Gasteiger partial charge in [0.1, 0.15) is 11.9 Å². The maximum atomic E-state index is 5.70. The lowest BCUT2D eigenvalue weighted by Crippen LogP contribution is -2.22. The molecule has 0 aliphatic heterocycles. The Morgan fingerprint density at radius 1 is 1.42 bits per heavy atom. The Balaban J connectivity index is 2.58. The number of nitrogens with two attached hydrogens (primary N) is 1. The van der Waals surface area contributed by atoms with Crippen molar-refractivity contribution in [2.45, 2.75) is 13.0 Å². The predicted octanol–water partition coefficient (Wildman–Crippen LogP) is 2.07. The van der Waals surface area contributed by atoms with E-state index in [0.717, 1.165) is 5.75 Å². The van der Waals surface area contributed by atoms with E-state index < -0.39 is 0 Å². The monoisotopic (exact) mass is 185 g/mol. The molecule has 0 aromatic heterocycles. The van der Waals surface area contributed by atoms with E-state index in [9.17, 15) is 0 Å². The van der Waals surface area contributed by atoms with Gasteiger partial charge in [0.05, 0.1) is 0 Å². The molecule has 0 bridgehead atoms. The van der Waals surface area contributed by atoms with Crippen molar-refractivity contribution in [1.29, 1.82) is 0 Å². The first-order valence-corrected chi connectivity index (χ1v) is 4.22. The van der Waals surface area contributed by atoms with Crippen LogP contribution in [0.1, 0.15) is 6.92 Å². The average molecular weight is 186 g/mol. The fraction of sp³-hybridized carbons (Fsp3) is 0.333. The topological polar surface area (TPSA) is 35.2 Å². The summed E-state index contributed by atoms with van der Waals surface area (Å²) in [5.74, 6) is 0.803. The third-order valence-electron chi connectivity index (χ3n) is 1.48. The van der Waals surface area contributed by atoms with Crippen LogP contribution >= 0.6 is 11.6 Å². The highest BCUT2D eigenvalue weighted by molar-refractivity contribution is 6.30. The molecular formula is C9H12ClNO. The molecule has 0 heterocycles. The zero-order chi connectivity index (χ0) is 8.97. The smallest absolute Gasteiger partial charge is 0.119 e. The molecule has 0 saturated carbocycles. The van der Waals surface area contributed by atoms with Gasteiger partial charge in [0.25, 0.3) is 0 Å². The number of hydrogen-bond donors (Lipinski definition) is 1. The van der Waals surface area contributed by atoms with Gasteiger partial charge >= 0.3 is 0 Å². The SMILES string of the molecule is C[C@@H](CN)Oc1ccc(Cl)cc1. The van der Waals surface area contributed by atoms with Crippen LogP contribution in [0.5, 0.6) is 5.75 Å². The van der Waals surface area contributed by atoms with Gasteiger partial charge < -0.3 is 10.5 Å². The first kappa shape index (κ1) is 9.36. The Bertz CT molecular complexity index is 235. The van der Waals surface area contributed by atoms with E-state index >= 15 is 0 Å². The fourth-order valence-electron chi connectivity index (χ4n) is 0.794. The van der Waals surface area contributed by atoms with Gasteiger partial charge in [-0.1, -0.05) is 11.6 Å². The Kier molecular flexibility index (Phi) is 3.38. The summed E-state index contributed by atoms with van der Waals surface area (Å²) in [5, 5.41) is 0.711. The van der Waals surface area contributed by atoms with Crippen molar-refractivity contribution in [3.63, 3.8) is 0 Å². The second-order valence-corrected chi connectivity index (χ2v) is 3.05. The van der Waals surface area contributed by atoms with Crippen LogP contribution in [0.3, 0.4) is 0 Å². The molecule has 2 N–H and O–H groups in total. The largest absolute Gasteiger partial charge is 0.489 e. The number of halogens is 1. The molecule has 2 nitrogen and oxygen atoms in total. The summed E-state index contributed by atoms with van der Waals surface area (Å²) >= 11 is 5.70. The van der Waals surface area contributed by atoms with Gasteiger partial charge in [-0.25, -0.2) is 0 Å². The normalized spacial score (nSPS) is 12.6. The van der Waals surface area contributed by atoms with Crippen molar-refractivity contribution < 1.29 is 4.74 Å². The lowest BCUT2D eigenvalue weighted by molar-refractivity contribution is 0.230. The molecule has 1 atom stereocenters. The van der Waals surface area contributed by atoms with Gasteiger partial charge in [0.15, 0.2) is 0 Å². The Labute approximate surface area is 77.3 Å². The number of ether oxygens (including phenoxy) is 1. The molecule has 0 aliphatic rings. The zero-order valence-corrected chi connectivity index (χ0v) is 7.71. The van der Waals surface area contributed by atoms with Gasteiger partial charge in [0.2, 0.25) is 0 Å². The third-order valence-corrected chi connectivity index (χ3v) is 1.73. The van der Waals surface area contributed by atoms with Crippen LogP contribution in [0, 0.1) is 0 Å². The molecule has 0 aliphatic carbocycles. The molecule has 0 saturated heterocycles. The molecule has 1 aromatic rings. The predicted molar refractivity (Wildman–Crippen MR) is 50.6 cm³/mol. The minimum Gasteiger partial charge on any atom is -0.489 e. The summed E-state index contributed by atoms with van der Waals surface area (Å²) < 4.78 is 5.43. The van der Waals surface area contributed by atoms with Gasteiger partial charge in [-0.15, -0.1) is 0 Å². The number of benzene rings is 1. The molecule has 0 amide bonds. The van der Waals surface area contributed by atoms with Crippen molar-refractivity contribution in [2.75, 3.05) is 6.54 Å². The first-order chi connectivity index (χ1) is 5.72. The Morgan fingerprint density at radius 2 is 2.00 bits per heavy atom. The van der Waals surface area contributed by atoms with Gasteiger partial charge in [-0.2, -0.15) is 0 Å². The van der Waals surface area contributed by atoms with E-state index in [2.05, 4.69) is 0 Å². The third kappa shape index (κ3) is 2.72. The summed E-state index contributed by atoms with van der Waals surface area (Å²) in [6, 6.07) is 7.24. The Morgan fingerprint density at radius 3 is 2.50 bits per heavy atom. The van der Waals surface area contributed by atoms with Crippen LogP contribution in [0.15, 0.2) is 24.3 Å². The molecule has 1 aromatic carbocycles. The van der Waals surface area contributed by atoms with Crippen molar-refractivity contribution in [3.8, 4) is 5.75 Å². The molecule has 0 spiro atoms. The average Bonchev–Trinajstić information content (AvgIpc) is 2.09. The second kappa shape index (κ2) is 4.33. The van der Waals surface area contributed by atoms with Crippen molar-refractivity contribution in [3.05, 3.63) is 29.3 Å².